The van der Waals surface area contributed by atoms with E-state index in [1.807, 2.05) is 18.2 Å². The van der Waals surface area contributed by atoms with Gasteiger partial charge in [-0.15, -0.1) is 0 Å². The standard InChI is InChI=1S/C17H24N2O/c1-19(14-17(20)10-4-5-11-17)13-16-8-3-2-7-15(16)9-6-12-18/h2-3,7-8,20H,4-5,10-14,18H2,1H3. The van der Waals surface area contributed by atoms with Gasteiger partial charge in [0.25, 0.3) is 0 Å². The largest absolute Gasteiger partial charge is 0.389 e. The highest BCUT2D eigenvalue weighted by Crippen LogP contribution is 2.30. The molecule has 0 heterocycles. The van der Waals surface area contributed by atoms with Gasteiger partial charge < -0.3 is 10.8 Å². The predicted octanol–water partition coefficient (Wildman–Crippen LogP) is 1.73. The third kappa shape index (κ3) is 4.08. The van der Waals surface area contributed by atoms with Gasteiger partial charge >= 0.3 is 0 Å². The van der Waals surface area contributed by atoms with Gasteiger partial charge in [-0.3, -0.25) is 4.90 Å². The number of likely N-dealkylation sites (N-methyl/N-ethyl adjacent to an activating group) is 1. The molecule has 3 N–H and O–H groups in total. The van der Waals surface area contributed by atoms with Crippen LogP contribution in [0.15, 0.2) is 24.3 Å². The van der Waals surface area contributed by atoms with E-state index in [1.54, 1.807) is 0 Å². The minimum Gasteiger partial charge on any atom is -0.389 e. The van der Waals surface area contributed by atoms with Crippen molar-refractivity contribution in [2.45, 2.75) is 37.8 Å². The highest BCUT2D eigenvalue weighted by molar-refractivity contribution is 5.41. The second kappa shape index (κ2) is 6.90. The van der Waals surface area contributed by atoms with Crippen molar-refractivity contribution in [1.29, 1.82) is 0 Å². The number of aliphatic hydroxyl groups is 1. The molecular formula is C17H24N2O. The zero-order valence-electron chi connectivity index (χ0n) is 12.2. The van der Waals surface area contributed by atoms with Gasteiger partial charge in [-0.2, -0.15) is 0 Å². The Labute approximate surface area is 121 Å². The number of nitrogens with zero attached hydrogens (tertiary/aromatic N) is 1. The monoisotopic (exact) mass is 272 g/mol. The van der Waals surface area contributed by atoms with E-state index in [-0.39, 0.29) is 0 Å². The minimum absolute atomic E-state index is 0.379. The molecule has 0 aliphatic heterocycles. The number of benzene rings is 1. The molecule has 1 aliphatic carbocycles. The number of nitrogens with two attached hydrogens (primary N) is 1. The van der Waals surface area contributed by atoms with E-state index < -0.39 is 5.60 Å². The van der Waals surface area contributed by atoms with E-state index in [2.05, 4.69) is 29.9 Å². The summed E-state index contributed by atoms with van der Waals surface area (Å²) >= 11 is 0. The zero-order chi connectivity index (χ0) is 14.4. The maximum atomic E-state index is 10.5. The molecule has 3 heteroatoms. The van der Waals surface area contributed by atoms with Crippen molar-refractivity contribution in [3.63, 3.8) is 0 Å². The SMILES string of the molecule is CN(Cc1ccccc1C#CCN)CC1(O)CCCC1. The Hall–Kier alpha value is -1.34. The fourth-order valence-corrected chi connectivity index (χ4v) is 2.97. The van der Waals surface area contributed by atoms with Crippen LogP contribution in [0.5, 0.6) is 0 Å². The summed E-state index contributed by atoms with van der Waals surface area (Å²) in [4.78, 5) is 2.19. The molecule has 1 fully saturated rings. The Bertz CT molecular complexity index is 495. The first kappa shape index (κ1) is 15.1. The molecule has 108 valence electrons. The minimum atomic E-state index is -0.493. The highest BCUT2D eigenvalue weighted by Gasteiger charge is 2.32. The molecule has 0 atom stereocenters. The molecule has 1 aromatic rings. The third-order valence-electron chi connectivity index (χ3n) is 3.88. The van der Waals surface area contributed by atoms with Gasteiger partial charge in [-0.05, 0) is 31.5 Å². The normalized spacial score (nSPS) is 17.0. The summed E-state index contributed by atoms with van der Waals surface area (Å²) in [5, 5.41) is 10.5. The molecule has 0 unspecified atom stereocenters. The van der Waals surface area contributed by atoms with Gasteiger partial charge in [0.2, 0.25) is 0 Å². The first-order valence-electron chi connectivity index (χ1n) is 7.31. The average molecular weight is 272 g/mol. The van der Waals surface area contributed by atoms with Crippen molar-refractivity contribution in [2.75, 3.05) is 20.1 Å². The molecule has 0 bridgehead atoms. The van der Waals surface area contributed by atoms with Crippen molar-refractivity contribution in [2.24, 2.45) is 5.73 Å². The van der Waals surface area contributed by atoms with Crippen LogP contribution in [-0.2, 0) is 6.54 Å². The average Bonchev–Trinajstić information content (AvgIpc) is 2.84. The van der Waals surface area contributed by atoms with Crippen molar-refractivity contribution in [1.82, 2.24) is 4.90 Å². The predicted molar refractivity (Wildman–Crippen MR) is 82.1 cm³/mol. The quantitative estimate of drug-likeness (QED) is 0.821. The molecule has 0 radical (unpaired) electrons. The molecule has 0 aromatic heterocycles. The summed E-state index contributed by atoms with van der Waals surface area (Å²) < 4.78 is 0. The molecule has 1 saturated carbocycles. The van der Waals surface area contributed by atoms with Crippen LogP contribution in [0.4, 0.5) is 0 Å². The third-order valence-corrected chi connectivity index (χ3v) is 3.88. The molecule has 1 aliphatic rings. The summed E-state index contributed by atoms with van der Waals surface area (Å²) in [6.07, 6.45) is 4.13. The zero-order valence-corrected chi connectivity index (χ0v) is 12.2. The lowest BCUT2D eigenvalue weighted by Crippen LogP contribution is -2.38. The van der Waals surface area contributed by atoms with Crippen molar-refractivity contribution in [3.8, 4) is 11.8 Å². The molecule has 0 amide bonds. The molecule has 3 nitrogen and oxygen atoms in total. The lowest BCUT2D eigenvalue weighted by atomic mass is 10.0. The van der Waals surface area contributed by atoms with Crippen LogP contribution in [0.3, 0.4) is 0 Å². The maximum absolute atomic E-state index is 10.5. The molecule has 0 saturated heterocycles. The maximum Gasteiger partial charge on any atom is 0.0774 e. The van der Waals surface area contributed by atoms with Crippen LogP contribution >= 0.6 is 0 Å². The second-order valence-corrected chi connectivity index (χ2v) is 5.77. The summed E-state index contributed by atoms with van der Waals surface area (Å²) in [5.74, 6) is 6.03. The van der Waals surface area contributed by atoms with Gasteiger partial charge in [0.15, 0.2) is 0 Å². The Morgan fingerprint density at radius 3 is 2.70 bits per heavy atom. The lowest BCUT2D eigenvalue weighted by Gasteiger charge is -2.28. The van der Waals surface area contributed by atoms with E-state index in [9.17, 15) is 5.11 Å². The lowest BCUT2D eigenvalue weighted by molar-refractivity contribution is 0.0145. The first-order chi connectivity index (χ1) is 9.63. The van der Waals surface area contributed by atoms with E-state index >= 15 is 0 Å². The van der Waals surface area contributed by atoms with Gasteiger partial charge in [-0.25, -0.2) is 0 Å². The summed E-state index contributed by atoms with van der Waals surface area (Å²) in [6, 6.07) is 8.14. The van der Waals surface area contributed by atoms with E-state index in [0.29, 0.717) is 6.54 Å². The highest BCUT2D eigenvalue weighted by atomic mass is 16.3. The van der Waals surface area contributed by atoms with E-state index in [0.717, 1.165) is 44.3 Å². The molecule has 0 spiro atoms. The fourth-order valence-electron chi connectivity index (χ4n) is 2.97. The van der Waals surface area contributed by atoms with Crippen molar-refractivity contribution >= 4 is 0 Å². The van der Waals surface area contributed by atoms with Crippen LogP contribution in [0.1, 0.15) is 36.8 Å². The van der Waals surface area contributed by atoms with Gasteiger partial charge in [-0.1, -0.05) is 42.9 Å². The Morgan fingerprint density at radius 2 is 2.00 bits per heavy atom. The number of hydrogen-bond acceptors (Lipinski definition) is 3. The first-order valence-corrected chi connectivity index (χ1v) is 7.31. The summed E-state index contributed by atoms with van der Waals surface area (Å²) in [6.45, 7) is 1.91. The van der Waals surface area contributed by atoms with Crippen LogP contribution < -0.4 is 5.73 Å². The second-order valence-electron chi connectivity index (χ2n) is 5.77. The van der Waals surface area contributed by atoms with Crippen LogP contribution in [0.2, 0.25) is 0 Å². The van der Waals surface area contributed by atoms with Crippen LogP contribution in [-0.4, -0.2) is 35.7 Å². The topological polar surface area (TPSA) is 49.5 Å². The Balaban J connectivity index is 2.02. The number of rotatable bonds is 4. The van der Waals surface area contributed by atoms with E-state index in [4.69, 9.17) is 5.73 Å². The summed E-state index contributed by atoms with van der Waals surface area (Å²) in [5.41, 5.74) is 7.17. The van der Waals surface area contributed by atoms with Gasteiger partial charge in [0.1, 0.15) is 0 Å². The number of hydrogen-bond donors (Lipinski definition) is 2. The van der Waals surface area contributed by atoms with Gasteiger partial charge in [0, 0.05) is 18.7 Å². The van der Waals surface area contributed by atoms with Crippen molar-refractivity contribution < 1.29 is 5.11 Å². The molecular weight excluding hydrogens is 248 g/mol. The fraction of sp³-hybridized carbons (Fsp3) is 0.529. The van der Waals surface area contributed by atoms with Crippen molar-refractivity contribution in [3.05, 3.63) is 35.4 Å². The van der Waals surface area contributed by atoms with Gasteiger partial charge in [0.05, 0.1) is 12.1 Å². The smallest absolute Gasteiger partial charge is 0.0774 e. The molecule has 1 aromatic carbocycles. The van der Waals surface area contributed by atoms with E-state index in [1.165, 1.54) is 5.56 Å². The Morgan fingerprint density at radius 1 is 1.30 bits per heavy atom. The van der Waals surface area contributed by atoms with Crippen LogP contribution in [0.25, 0.3) is 0 Å². The van der Waals surface area contributed by atoms with Crippen LogP contribution in [0, 0.1) is 11.8 Å². The Kier molecular flexibility index (Phi) is 5.19. The molecule has 2 rings (SSSR count). The molecule has 20 heavy (non-hydrogen) atoms. The summed E-state index contributed by atoms with van der Waals surface area (Å²) in [7, 11) is 2.06.